The molecule has 0 aliphatic carbocycles. The van der Waals surface area contributed by atoms with Crippen LogP contribution < -0.4 is 21.5 Å². The van der Waals surface area contributed by atoms with Crippen LogP contribution in [0.3, 0.4) is 0 Å². The van der Waals surface area contributed by atoms with E-state index in [1.54, 1.807) is 4.72 Å². The summed E-state index contributed by atoms with van der Waals surface area (Å²) in [4.78, 5) is 27.6. The molecule has 3 aromatic rings. The van der Waals surface area contributed by atoms with Crippen molar-refractivity contribution in [3.63, 3.8) is 0 Å². The summed E-state index contributed by atoms with van der Waals surface area (Å²) in [6.07, 6.45) is 0. The number of benzene rings is 2. The van der Waals surface area contributed by atoms with E-state index in [4.69, 9.17) is 16.6 Å². The van der Waals surface area contributed by atoms with E-state index < -0.39 is 57.6 Å². The van der Waals surface area contributed by atoms with Gasteiger partial charge in [-0.05, 0) is 36.4 Å². The predicted octanol–water partition coefficient (Wildman–Crippen LogP) is -0.305. The third-order valence-electron chi connectivity index (χ3n) is 4.19. The Bertz CT molecular complexity index is 1290. The van der Waals surface area contributed by atoms with Crippen LogP contribution in [0.25, 0.3) is 0 Å². The molecule has 1 atom stereocenters. The summed E-state index contributed by atoms with van der Waals surface area (Å²) in [5.74, 6) is -5.13. The second-order valence-corrected chi connectivity index (χ2v) is 8.20. The number of carbonyl (C=O) groups is 2. The molecule has 12 nitrogen and oxygen atoms in total. The molecule has 0 radical (unpaired) electrons. The van der Waals surface area contributed by atoms with Gasteiger partial charge in [0.15, 0.2) is 0 Å². The predicted molar refractivity (Wildman–Crippen MR) is 111 cm³/mol. The average molecular weight is 481 g/mol. The van der Waals surface area contributed by atoms with E-state index in [0.717, 1.165) is 30.3 Å². The number of hydrogen-bond donors (Lipinski definition) is 5. The quantitative estimate of drug-likeness (QED) is 0.299. The number of nitrogens with zero attached hydrogens (tertiary/aromatic N) is 3. The fourth-order valence-electron chi connectivity index (χ4n) is 2.53. The number of nitrogen functional groups attached to an aromatic ring is 1. The van der Waals surface area contributed by atoms with Gasteiger partial charge in [0.2, 0.25) is 11.9 Å². The summed E-state index contributed by atoms with van der Waals surface area (Å²) >= 11 is 0. The molecule has 0 saturated heterocycles. The Hall–Kier alpha value is -3.95. The molecule has 1 amide bonds. The van der Waals surface area contributed by atoms with Gasteiger partial charge < -0.3 is 21.9 Å². The van der Waals surface area contributed by atoms with Gasteiger partial charge in [-0.1, -0.05) is 6.07 Å². The molecule has 2 aromatic carbocycles. The summed E-state index contributed by atoms with van der Waals surface area (Å²) < 4.78 is 54.4. The number of aliphatic hydroxyl groups excluding tert-OH is 1. The first-order valence-corrected chi connectivity index (χ1v) is 10.5. The number of sulfonamides is 1. The summed E-state index contributed by atoms with van der Waals surface area (Å²) in [6.45, 7) is -0.737. The van der Waals surface area contributed by atoms with Crippen LogP contribution >= 0.6 is 0 Å². The highest BCUT2D eigenvalue weighted by Gasteiger charge is 2.24. The second kappa shape index (κ2) is 9.27. The van der Waals surface area contributed by atoms with Crippen molar-refractivity contribution < 1.29 is 31.9 Å². The van der Waals surface area contributed by atoms with Gasteiger partial charge in [0.05, 0.1) is 11.5 Å². The molecule has 0 bridgehead atoms. The molecule has 3 rings (SSSR count). The van der Waals surface area contributed by atoms with Crippen molar-refractivity contribution in [1.82, 2.24) is 19.5 Å². The van der Waals surface area contributed by atoms with Crippen molar-refractivity contribution >= 4 is 39.4 Å². The topological polar surface area (TPSA) is 195 Å². The smallest absolute Gasteiger partial charge is 0.287 e. The third kappa shape index (κ3) is 5.11. The van der Waals surface area contributed by atoms with E-state index >= 15 is 0 Å². The minimum absolute atomic E-state index is 0.213. The number of aliphatic hydroxyl groups is 1. The minimum atomic E-state index is -4.25. The van der Waals surface area contributed by atoms with Gasteiger partial charge in [-0.3, -0.25) is 9.59 Å². The molecular weight excluding hydrogens is 464 g/mol. The Kier molecular flexibility index (Phi) is 6.66. The van der Waals surface area contributed by atoms with Crippen molar-refractivity contribution in [2.24, 2.45) is 5.73 Å². The highest BCUT2D eigenvalue weighted by molar-refractivity contribution is 7.90. The van der Waals surface area contributed by atoms with Crippen molar-refractivity contribution in [3.8, 4) is 0 Å². The van der Waals surface area contributed by atoms with Gasteiger partial charge in [0, 0.05) is 5.69 Å². The first-order chi connectivity index (χ1) is 15.5. The van der Waals surface area contributed by atoms with Gasteiger partial charge in [-0.25, -0.2) is 21.9 Å². The van der Waals surface area contributed by atoms with E-state index in [9.17, 15) is 26.8 Å². The fraction of sp³-hybridized carbons (Fsp3) is 0.111. The molecule has 0 unspecified atom stereocenters. The molecule has 0 aliphatic rings. The number of halogens is 2. The lowest BCUT2D eigenvalue weighted by Crippen LogP contribution is -2.45. The highest BCUT2D eigenvalue weighted by atomic mass is 32.2. The first kappa shape index (κ1) is 23.7. The summed E-state index contributed by atoms with van der Waals surface area (Å²) in [6, 6.07) is 6.35. The Morgan fingerprint density at radius 1 is 1.12 bits per heavy atom. The van der Waals surface area contributed by atoms with Gasteiger partial charge in [-0.2, -0.15) is 9.67 Å². The number of rotatable bonds is 7. The SMILES string of the molecule is Nc1nc(Nc2ccc(S(=O)(=O)NC(=O)[C@H](N)CO)cc2)nn1C(=O)c1c(F)cccc1F. The van der Waals surface area contributed by atoms with E-state index in [1.165, 1.54) is 12.1 Å². The van der Waals surface area contributed by atoms with Crippen LogP contribution in [0.1, 0.15) is 10.4 Å². The number of hydrogen-bond acceptors (Lipinski definition) is 10. The molecule has 1 aromatic heterocycles. The maximum Gasteiger partial charge on any atom is 0.287 e. The Morgan fingerprint density at radius 2 is 1.73 bits per heavy atom. The number of nitrogens with one attached hydrogen (secondary N) is 2. The highest BCUT2D eigenvalue weighted by Crippen LogP contribution is 2.20. The number of nitrogens with two attached hydrogens (primary N) is 2. The fourth-order valence-corrected chi connectivity index (χ4v) is 3.56. The molecule has 0 spiro atoms. The zero-order chi connectivity index (χ0) is 24.3. The molecule has 0 fully saturated rings. The van der Waals surface area contributed by atoms with E-state index in [2.05, 4.69) is 15.4 Å². The van der Waals surface area contributed by atoms with Crippen LogP contribution in [0, 0.1) is 11.6 Å². The van der Waals surface area contributed by atoms with Gasteiger partial charge >= 0.3 is 0 Å². The van der Waals surface area contributed by atoms with E-state index in [0.29, 0.717) is 4.68 Å². The Morgan fingerprint density at radius 3 is 2.30 bits per heavy atom. The summed E-state index contributed by atoms with van der Waals surface area (Å²) in [5.41, 5.74) is 10.3. The first-order valence-electron chi connectivity index (χ1n) is 9.05. The van der Waals surface area contributed by atoms with Crippen molar-refractivity contribution in [1.29, 1.82) is 0 Å². The molecular formula is C18H17F2N7O5S. The Balaban J connectivity index is 1.78. The van der Waals surface area contributed by atoms with Gasteiger partial charge in [0.25, 0.3) is 21.8 Å². The maximum atomic E-state index is 13.9. The van der Waals surface area contributed by atoms with E-state index in [-0.39, 0.29) is 16.5 Å². The van der Waals surface area contributed by atoms with Crippen molar-refractivity contribution in [3.05, 3.63) is 59.7 Å². The van der Waals surface area contributed by atoms with Crippen LogP contribution in [0.4, 0.5) is 26.4 Å². The van der Waals surface area contributed by atoms with Crippen LogP contribution in [0.2, 0.25) is 0 Å². The van der Waals surface area contributed by atoms with Crippen LogP contribution in [-0.4, -0.2) is 52.8 Å². The summed E-state index contributed by atoms with van der Waals surface area (Å²) in [7, 11) is -4.25. The second-order valence-electron chi connectivity index (χ2n) is 6.52. The standard InChI is InChI=1S/C18H17F2N7O5S/c19-11-2-1-3-12(20)14(11)16(30)27-17(22)24-18(25-27)23-9-4-6-10(7-5-9)33(31,32)26-15(29)13(21)8-28/h1-7,13,28H,8,21H2,(H,26,29)(H3,22,23,24,25)/t13-/m1/s1. The molecule has 7 N–H and O–H groups in total. The number of aromatic nitrogens is 3. The molecule has 0 saturated carbocycles. The number of amides is 1. The van der Waals surface area contributed by atoms with Crippen LogP contribution in [0.15, 0.2) is 47.4 Å². The van der Waals surface area contributed by atoms with Crippen molar-refractivity contribution in [2.75, 3.05) is 17.7 Å². The number of anilines is 3. The monoisotopic (exact) mass is 481 g/mol. The molecule has 15 heteroatoms. The van der Waals surface area contributed by atoms with E-state index in [1.807, 2.05) is 0 Å². The van der Waals surface area contributed by atoms with Crippen LogP contribution in [-0.2, 0) is 14.8 Å². The van der Waals surface area contributed by atoms with Crippen LogP contribution in [0.5, 0.6) is 0 Å². The maximum absolute atomic E-state index is 13.9. The average Bonchev–Trinajstić information content (AvgIpc) is 3.12. The zero-order valence-electron chi connectivity index (χ0n) is 16.6. The zero-order valence-corrected chi connectivity index (χ0v) is 17.4. The minimum Gasteiger partial charge on any atom is -0.394 e. The molecule has 174 valence electrons. The lowest BCUT2D eigenvalue weighted by molar-refractivity contribution is -0.121. The van der Waals surface area contributed by atoms with Gasteiger partial charge in [-0.15, -0.1) is 5.10 Å². The lowest BCUT2D eigenvalue weighted by atomic mass is 10.2. The van der Waals surface area contributed by atoms with Gasteiger partial charge in [0.1, 0.15) is 23.2 Å². The third-order valence-corrected chi connectivity index (χ3v) is 5.55. The normalized spacial score (nSPS) is 12.2. The largest absolute Gasteiger partial charge is 0.394 e. The summed E-state index contributed by atoms with van der Waals surface area (Å²) in [5, 5.41) is 15.3. The lowest BCUT2D eigenvalue weighted by Gasteiger charge is -2.10. The molecule has 0 aliphatic heterocycles. The molecule has 33 heavy (non-hydrogen) atoms. The molecule has 1 heterocycles. The Labute approximate surface area is 185 Å². The number of carbonyl (C=O) groups excluding carboxylic acids is 2. The van der Waals surface area contributed by atoms with Crippen molar-refractivity contribution in [2.45, 2.75) is 10.9 Å².